The Bertz CT molecular complexity index is 297. The van der Waals surface area contributed by atoms with Gasteiger partial charge in [-0.2, -0.15) is 0 Å². The normalized spacial score (nSPS) is 11.0. The Morgan fingerprint density at radius 3 is 2.50 bits per heavy atom. The lowest BCUT2D eigenvalue weighted by molar-refractivity contribution is 0.326. The molecule has 0 aliphatic carbocycles. The van der Waals surface area contributed by atoms with Gasteiger partial charge in [0.2, 0.25) is 0 Å². The minimum absolute atomic E-state index is 1.05. The lowest BCUT2D eigenvalue weighted by atomic mass is 10.0. The monoisotopic (exact) mass is 220 g/mol. The number of hydrogen-bond acceptors (Lipinski definition) is 2. The second kappa shape index (κ2) is 7.42. The molecule has 1 rings (SSSR count). The third-order valence-electron chi connectivity index (χ3n) is 2.81. The summed E-state index contributed by atoms with van der Waals surface area (Å²) >= 11 is 0. The van der Waals surface area contributed by atoms with E-state index in [4.69, 9.17) is 0 Å². The van der Waals surface area contributed by atoms with Crippen molar-refractivity contribution in [1.29, 1.82) is 0 Å². The Morgan fingerprint density at radius 2 is 1.88 bits per heavy atom. The quantitative estimate of drug-likeness (QED) is 0.758. The van der Waals surface area contributed by atoms with Crippen molar-refractivity contribution in [3.05, 3.63) is 35.4 Å². The van der Waals surface area contributed by atoms with Crippen LogP contribution in [0.5, 0.6) is 0 Å². The molecular formula is C14H24N2. The van der Waals surface area contributed by atoms with Gasteiger partial charge >= 0.3 is 0 Å². The highest BCUT2D eigenvalue weighted by atomic mass is 15.1. The number of nitrogens with one attached hydrogen (secondary N) is 1. The minimum Gasteiger partial charge on any atom is -0.319 e. The molecule has 0 aliphatic rings. The van der Waals surface area contributed by atoms with Crippen LogP contribution in [0, 0.1) is 0 Å². The first kappa shape index (κ1) is 13.2. The van der Waals surface area contributed by atoms with Crippen LogP contribution in [0.3, 0.4) is 0 Å². The molecule has 2 heteroatoms. The predicted octanol–water partition coefficient (Wildman–Crippen LogP) is 2.29. The van der Waals surface area contributed by atoms with Gasteiger partial charge in [0.05, 0.1) is 0 Å². The lowest BCUT2D eigenvalue weighted by Gasteiger charge is -2.18. The fourth-order valence-electron chi connectivity index (χ4n) is 1.97. The van der Waals surface area contributed by atoms with Crippen molar-refractivity contribution in [2.24, 2.45) is 0 Å². The highest BCUT2D eigenvalue weighted by Gasteiger charge is 2.04. The predicted molar refractivity (Wildman–Crippen MR) is 70.7 cm³/mol. The molecule has 0 bridgehead atoms. The number of likely N-dealkylation sites (N-methyl/N-ethyl adjacent to an activating group) is 1. The van der Waals surface area contributed by atoms with Crippen LogP contribution in [-0.2, 0) is 13.0 Å². The van der Waals surface area contributed by atoms with E-state index in [1.165, 1.54) is 24.1 Å². The molecule has 16 heavy (non-hydrogen) atoms. The molecule has 0 atom stereocenters. The summed E-state index contributed by atoms with van der Waals surface area (Å²) in [7, 11) is 4.20. The van der Waals surface area contributed by atoms with E-state index >= 15 is 0 Å². The van der Waals surface area contributed by atoms with Crippen LogP contribution in [0.25, 0.3) is 0 Å². The second-order valence-electron chi connectivity index (χ2n) is 4.36. The molecule has 1 N–H and O–H groups in total. The van der Waals surface area contributed by atoms with Crippen LogP contribution >= 0.6 is 0 Å². The van der Waals surface area contributed by atoms with E-state index in [0.717, 1.165) is 19.5 Å². The molecule has 0 amide bonds. The smallest absolute Gasteiger partial charge is 0.0233 e. The first-order chi connectivity index (χ1) is 7.77. The van der Waals surface area contributed by atoms with Gasteiger partial charge < -0.3 is 10.2 Å². The van der Waals surface area contributed by atoms with Gasteiger partial charge in [0.25, 0.3) is 0 Å². The molecule has 0 saturated heterocycles. The second-order valence-corrected chi connectivity index (χ2v) is 4.36. The number of rotatable bonds is 7. The van der Waals surface area contributed by atoms with Crippen molar-refractivity contribution in [3.8, 4) is 0 Å². The minimum atomic E-state index is 1.05. The zero-order chi connectivity index (χ0) is 11.8. The summed E-state index contributed by atoms with van der Waals surface area (Å²) in [5, 5.41) is 3.21. The molecule has 0 radical (unpaired) electrons. The van der Waals surface area contributed by atoms with E-state index in [-0.39, 0.29) is 0 Å². The zero-order valence-electron chi connectivity index (χ0n) is 10.8. The van der Waals surface area contributed by atoms with Crippen molar-refractivity contribution in [3.63, 3.8) is 0 Å². The topological polar surface area (TPSA) is 15.3 Å². The molecular weight excluding hydrogens is 196 g/mol. The Hall–Kier alpha value is -0.860. The third kappa shape index (κ3) is 4.33. The fourth-order valence-corrected chi connectivity index (χ4v) is 1.97. The van der Waals surface area contributed by atoms with E-state index in [9.17, 15) is 0 Å². The zero-order valence-corrected chi connectivity index (χ0v) is 10.8. The van der Waals surface area contributed by atoms with Gasteiger partial charge in [-0.15, -0.1) is 0 Å². The van der Waals surface area contributed by atoms with Crippen LogP contribution in [0.15, 0.2) is 24.3 Å². The van der Waals surface area contributed by atoms with Gasteiger partial charge in [-0.3, -0.25) is 0 Å². The van der Waals surface area contributed by atoms with Crippen LogP contribution < -0.4 is 5.32 Å². The van der Waals surface area contributed by atoms with E-state index < -0.39 is 0 Å². The molecule has 0 heterocycles. The summed E-state index contributed by atoms with van der Waals surface area (Å²) in [5.74, 6) is 0. The summed E-state index contributed by atoms with van der Waals surface area (Å²) in [6.45, 7) is 5.51. The number of hydrogen-bond donors (Lipinski definition) is 1. The molecule has 90 valence electrons. The maximum absolute atomic E-state index is 3.21. The Labute approximate surface area is 99.7 Å². The van der Waals surface area contributed by atoms with Crippen molar-refractivity contribution in [1.82, 2.24) is 10.2 Å². The molecule has 0 fully saturated rings. The SMILES string of the molecule is CCCN(C)Cc1ccccc1CCNC. The van der Waals surface area contributed by atoms with Gasteiger partial charge in [0.1, 0.15) is 0 Å². The Morgan fingerprint density at radius 1 is 1.19 bits per heavy atom. The van der Waals surface area contributed by atoms with E-state index in [1.54, 1.807) is 0 Å². The first-order valence-corrected chi connectivity index (χ1v) is 6.17. The molecule has 0 unspecified atom stereocenters. The van der Waals surface area contributed by atoms with E-state index in [1.807, 2.05) is 7.05 Å². The molecule has 0 saturated carbocycles. The fraction of sp³-hybridized carbons (Fsp3) is 0.571. The number of benzene rings is 1. The molecule has 0 spiro atoms. The maximum Gasteiger partial charge on any atom is 0.0233 e. The highest BCUT2D eigenvalue weighted by molar-refractivity contribution is 5.27. The van der Waals surface area contributed by atoms with Crippen molar-refractivity contribution >= 4 is 0 Å². The molecule has 0 aromatic heterocycles. The standard InChI is InChI=1S/C14H24N2/c1-4-11-16(3)12-14-8-6-5-7-13(14)9-10-15-2/h5-8,15H,4,9-12H2,1-3H3. The van der Waals surface area contributed by atoms with Gasteiger partial charge in [-0.25, -0.2) is 0 Å². The third-order valence-corrected chi connectivity index (χ3v) is 2.81. The van der Waals surface area contributed by atoms with Crippen LogP contribution in [0.1, 0.15) is 24.5 Å². The van der Waals surface area contributed by atoms with Crippen LogP contribution in [-0.4, -0.2) is 32.1 Å². The van der Waals surface area contributed by atoms with Crippen LogP contribution in [0.2, 0.25) is 0 Å². The lowest BCUT2D eigenvalue weighted by Crippen LogP contribution is -2.20. The average molecular weight is 220 g/mol. The number of nitrogens with zero attached hydrogens (tertiary/aromatic N) is 1. The average Bonchev–Trinajstić information content (AvgIpc) is 2.28. The summed E-state index contributed by atoms with van der Waals surface area (Å²) in [6.07, 6.45) is 2.34. The molecule has 1 aromatic rings. The van der Waals surface area contributed by atoms with Crippen molar-refractivity contribution in [2.45, 2.75) is 26.3 Å². The van der Waals surface area contributed by atoms with Gasteiger partial charge in [-0.1, -0.05) is 31.2 Å². The van der Waals surface area contributed by atoms with Crippen LogP contribution in [0.4, 0.5) is 0 Å². The largest absolute Gasteiger partial charge is 0.319 e. The summed E-state index contributed by atoms with van der Waals surface area (Å²) in [6, 6.07) is 8.76. The molecule has 2 nitrogen and oxygen atoms in total. The summed E-state index contributed by atoms with van der Waals surface area (Å²) in [5.41, 5.74) is 2.94. The highest BCUT2D eigenvalue weighted by Crippen LogP contribution is 2.11. The van der Waals surface area contributed by atoms with Gasteiger partial charge in [-0.05, 0) is 51.2 Å². The summed E-state index contributed by atoms with van der Waals surface area (Å²) in [4.78, 5) is 2.39. The van der Waals surface area contributed by atoms with E-state index in [0.29, 0.717) is 0 Å². The van der Waals surface area contributed by atoms with Crippen molar-refractivity contribution in [2.75, 3.05) is 27.2 Å². The Kier molecular flexibility index (Phi) is 6.12. The summed E-state index contributed by atoms with van der Waals surface area (Å²) < 4.78 is 0. The molecule has 1 aromatic carbocycles. The first-order valence-electron chi connectivity index (χ1n) is 6.17. The van der Waals surface area contributed by atoms with Gasteiger partial charge in [0, 0.05) is 6.54 Å². The maximum atomic E-state index is 3.21. The molecule has 0 aliphatic heterocycles. The van der Waals surface area contributed by atoms with E-state index in [2.05, 4.69) is 48.5 Å². The van der Waals surface area contributed by atoms with Gasteiger partial charge in [0.15, 0.2) is 0 Å². The Balaban J connectivity index is 2.62. The van der Waals surface area contributed by atoms with Crippen molar-refractivity contribution < 1.29 is 0 Å².